The summed E-state index contributed by atoms with van der Waals surface area (Å²) in [7, 11) is 3.30. The van der Waals surface area contributed by atoms with Gasteiger partial charge in [0, 0.05) is 24.2 Å². The Morgan fingerprint density at radius 3 is 2.76 bits per heavy atom. The Hall–Kier alpha value is -2.80. The van der Waals surface area contributed by atoms with Crippen molar-refractivity contribution in [3.8, 4) is 11.5 Å². The van der Waals surface area contributed by atoms with Crippen LogP contribution in [-0.2, 0) is 6.54 Å². The zero-order chi connectivity index (χ0) is 20.5. The van der Waals surface area contributed by atoms with Gasteiger partial charge < -0.3 is 23.9 Å². The summed E-state index contributed by atoms with van der Waals surface area (Å²) >= 11 is 5.39. The predicted molar refractivity (Wildman–Crippen MR) is 115 cm³/mol. The van der Waals surface area contributed by atoms with Crippen LogP contribution in [0.4, 0.5) is 0 Å². The molecule has 1 atom stereocenters. The van der Waals surface area contributed by atoms with Crippen LogP contribution in [0.25, 0.3) is 11.0 Å². The van der Waals surface area contributed by atoms with Crippen molar-refractivity contribution in [1.82, 2.24) is 14.5 Å². The van der Waals surface area contributed by atoms with E-state index in [0.717, 1.165) is 47.5 Å². The van der Waals surface area contributed by atoms with E-state index in [0.29, 0.717) is 16.9 Å². The molecule has 3 aromatic rings. The van der Waals surface area contributed by atoms with Crippen LogP contribution in [-0.4, -0.2) is 41.1 Å². The fourth-order valence-corrected chi connectivity index (χ4v) is 4.55. The van der Waals surface area contributed by atoms with Crippen LogP contribution in [0.3, 0.4) is 0 Å². The molecule has 0 radical (unpaired) electrons. The number of likely N-dealkylation sites (tertiary alicyclic amines) is 1. The minimum Gasteiger partial charge on any atom is -0.497 e. The highest BCUT2D eigenvalue weighted by Gasteiger charge is 2.33. The van der Waals surface area contributed by atoms with Gasteiger partial charge in [0.25, 0.3) is 5.91 Å². The standard InChI is InChI=1S/C22H25N3O3S/c1-4-24-19-9-7-14(12-17(19)23-22(24)29)21(26)25-11-5-6-18(25)16-13-15(27-2)8-10-20(16)28-3/h7-10,12-13,18H,4-6,11H2,1-3H3,(H,23,29)/t18-/m0/s1. The van der Waals surface area contributed by atoms with Crippen molar-refractivity contribution >= 4 is 29.2 Å². The molecule has 1 fully saturated rings. The number of H-pyrrole nitrogens is 1. The zero-order valence-corrected chi connectivity index (χ0v) is 17.7. The summed E-state index contributed by atoms with van der Waals surface area (Å²) in [6, 6.07) is 11.5. The van der Waals surface area contributed by atoms with Crippen molar-refractivity contribution in [2.75, 3.05) is 20.8 Å². The molecule has 0 saturated carbocycles. The molecule has 0 unspecified atom stereocenters. The van der Waals surface area contributed by atoms with Gasteiger partial charge in [-0.25, -0.2) is 0 Å². The number of aromatic nitrogens is 2. The van der Waals surface area contributed by atoms with Gasteiger partial charge in [-0.1, -0.05) is 0 Å². The van der Waals surface area contributed by atoms with Gasteiger partial charge in [-0.05, 0) is 68.4 Å². The van der Waals surface area contributed by atoms with Gasteiger partial charge in [-0.15, -0.1) is 0 Å². The molecule has 1 aliphatic heterocycles. The molecular formula is C22H25N3O3S. The number of imidazole rings is 1. The number of methoxy groups -OCH3 is 2. The lowest BCUT2D eigenvalue weighted by atomic mass is 10.0. The lowest BCUT2D eigenvalue weighted by Gasteiger charge is -2.27. The number of carbonyl (C=O) groups is 1. The van der Waals surface area contributed by atoms with E-state index in [9.17, 15) is 4.79 Å². The number of nitrogens with zero attached hydrogens (tertiary/aromatic N) is 2. The number of ether oxygens (including phenoxy) is 2. The normalized spacial score (nSPS) is 16.4. The van der Waals surface area contributed by atoms with E-state index in [2.05, 4.69) is 11.9 Å². The summed E-state index contributed by atoms with van der Waals surface area (Å²) in [6.07, 6.45) is 1.85. The summed E-state index contributed by atoms with van der Waals surface area (Å²) in [5.41, 5.74) is 3.54. The SMILES string of the molecule is CCn1c(=S)[nH]c2cc(C(=O)N3CCC[C@H]3c3cc(OC)ccc3OC)ccc21. The first kappa shape index (κ1) is 19.5. The molecule has 1 aromatic heterocycles. The zero-order valence-electron chi connectivity index (χ0n) is 16.9. The topological polar surface area (TPSA) is 59.5 Å². The van der Waals surface area contributed by atoms with Gasteiger partial charge in [-0.2, -0.15) is 0 Å². The highest BCUT2D eigenvalue weighted by molar-refractivity contribution is 7.71. The minimum atomic E-state index is -0.0398. The summed E-state index contributed by atoms with van der Waals surface area (Å²) in [4.78, 5) is 18.5. The molecular weight excluding hydrogens is 386 g/mol. The molecule has 29 heavy (non-hydrogen) atoms. The Bertz CT molecular complexity index is 1120. The average Bonchev–Trinajstić information content (AvgIpc) is 3.35. The lowest BCUT2D eigenvalue weighted by Crippen LogP contribution is -2.30. The Labute approximate surface area is 175 Å². The molecule has 2 aromatic carbocycles. The van der Waals surface area contributed by atoms with Gasteiger partial charge >= 0.3 is 0 Å². The van der Waals surface area contributed by atoms with Crippen molar-refractivity contribution in [3.05, 3.63) is 52.3 Å². The van der Waals surface area contributed by atoms with Crippen molar-refractivity contribution in [1.29, 1.82) is 0 Å². The average molecular weight is 412 g/mol. The maximum absolute atomic E-state index is 13.4. The number of carbonyl (C=O) groups excluding carboxylic acids is 1. The van der Waals surface area contributed by atoms with Crippen LogP contribution in [0.1, 0.15) is 41.7 Å². The summed E-state index contributed by atoms with van der Waals surface area (Å²) in [5, 5.41) is 0. The minimum absolute atomic E-state index is 0.0165. The Balaban J connectivity index is 1.70. The second kappa shape index (κ2) is 7.91. The lowest BCUT2D eigenvalue weighted by molar-refractivity contribution is 0.0734. The maximum Gasteiger partial charge on any atom is 0.254 e. The molecule has 4 rings (SSSR count). The smallest absolute Gasteiger partial charge is 0.254 e. The molecule has 0 spiro atoms. The fourth-order valence-electron chi connectivity index (χ4n) is 4.21. The number of benzene rings is 2. The van der Waals surface area contributed by atoms with Crippen LogP contribution in [0.15, 0.2) is 36.4 Å². The molecule has 0 aliphatic carbocycles. The first-order valence-corrected chi connectivity index (χ1v) is 10.2. The van der Waals surface area contributed by atoms with E-state index in [1.807, 2.05) is 45.9 Å². The molecule has 1 amide bonds. The Morgan fingerprint density at radius 1 is 1.21 bits per heavy atom. The first-order chi connectivity index (χ1) is 14.1. The maximum atomic E-state index is 13.4. The fraction of sp³-hybridized carbons (Fsp3) is 0.364. The van der Waals surface area contributed by atoms with E-state index >= 15 is 0 Å². The molecule has 1 N–H and O–H groups in total. The number of hydrogen-bond donors (Lipinski definition) is 1. The number of hydrogen-bond acceptors (Lipinski definition) is 4. The third-order valence-corrected chi connectivity index (χ3v) is 5.97. The van der Waals surface area contributed by atoms with Crippen molar-refractivity contribution < 1.29 is 14.3 Å². The summed E-state index contributed by atoms with van der Waals surface area (Å²) in [5.74, 6) is 1.55. The van der Waals surface area contributed by atoms with Crippen molar-refractivity contribution in [2.24, 2.45) is 0 Å². The van der Waals surface area contributed by atoms with E-state index < -0.39 is 0 Å². The van der Waals surface area contributed by atoms with Gasteiger partial charge in [-0.3, -0.25) is 4.79 Å². The third kappa shape index (κ3) is 3.40. The Kier molecular flexibility index (Phi) is 5.32. The quantitative estimate of drug-likeness (QED) is 0.618. The van der Waals surface area contributed by atoms with Gasteiger partial charge in [0.05, 0.1) is 31.3 Å². The van der Waals surface area contributed by atoms with E-state index in [1.54, 1.807) is 14.2 Å². The van der Waals surface area contributed by atoms with Gasteiger partial charge in [0.15, 0.2) is 4.77 Å². The van der Waals surface area contributed by atoms with Crippen LogP contribution < -0.4 is 9.47 Å². The van der Waals surface area contributed by atoms with E-state index in [4.69, 9.17) is 21.7 Å². The molecule has 1 saturated heterocycles. The van der Waals surface area contributed by atoms with E-state index in [-0.39, 0.29) is 11.9 Å². The second-order valence-corrected chi connectivity index (χ2v) is 7.56. The monoisotopic (exact) mass is 411 g/mol. The number of aryl methyl sites for hydroxylation is 1. The summed E-state index contributed by atoms with van der Waals surface area (Å²) < 4.78 is 13.7. The van der Waals surface area contributed by atoms with Crippen LogP contribution >= 0.6 is 12.2 Å². The van der Waals surface area contributed by atoms with Crippen molar-refractivity contribution in [3.63, 3.8) is 0 Å². The highest BCUT2D eigenvalue weighted by atomic mass is 32.1. The molecule has 0 bridgehead atoms. The number of amides is 1. The number of nitrogens with one attached hydrogen (secondary N) is 1. The first-order valence-electron chi connectivity index (χ1n) is 9.82. The number of fused-ring (bicyclic) bond motifs is 1. The number of aromatic amines is 1. The van der Waals surface area contributed by atoms with Gasteiger partial charge in [0.2, 0.25) is 0 Å². The molecule has 1 aliphatic rings. The highest BCUT2D eigenvalue weighted by Crippen LogP contribution is 2.39. The molecule has 152 valence electrons. The second-order valence-electron chi connectivity index (χ2n) is 7.17. The van der Waals surface area contributed by atoms with Crippen molar-refractivity contribution in [2.45, 2.75) is 32.4 Å². The Morgan fingerprint density at radius 2 is 2.03 bits per heavy atom. The van der Waals surface area contributed by atoms with Crippen LogP contribution in [0, 0.1) is 4.77 Å². The number of rotatable bonds is 5. The van der Waals surface area contributed by atoms with Crippen LogP contribution in [0.2, 0.25) is 0 Å². The molecule has 6 nitrogen and oxygen atoms in total. The third-order valence-electron chi connectivity index (χ3n) is 5.65. The van der Waals surface area contributed by atoms with E-state index in [1.165, 1.54) is 0 Å². The molecule has 7 heteroatoms. The van der Waals surface area contributed by atoms with Crippen LogP contribution in [0.5, 0.6) is 11.5 Å². The predicted octanol–water partition coefficient (Wildman–Crippen LogP) is 4.71. The van der Waals surface area contributed by atoms with Gasteiger partial charge in [0.1, 0.15) is 11.5 Å². The summed E-state index contributed by atoms with van der Waals surface area (Å²) in [6.45, 7) is 3.56. The molecule has 2 heterocycles. The largest absolute Gasteiger partial charge is 0.497 e.